The third kappa shape index (κ3) is 2.40. The fourth-order valence-corrected chi connectivity index (χ4v) is 1.81. The Kier molecular flexibility index (Phi) is 3.21. The van der Waals surface area contributed by atoms with Gasteiger partial charge < -0.3 is 0 Å². The monoisotopic (exact) mass is 208 g/mol. The van der Waals surface area contributed by atoms with Gasteiger partial charge in [-0.1, -0.05) is 61.2 Å². The first-order chi connectivity index (χ1) is 7.77. The van der Waals surface area contributed by atoms with Gasteiger partial charge in [0.15, 0.2) is 0 Å². The number of aryl methyl sites for hydroxylation is 1. The minimum atomic E-state index is 0.927. The molecule has 2 rings (SSSR count). The molecule has 0 bridgehead atoms. The van der Waals surface area contributed by atoms with Crippen molar-refractivity contribution in [3.05, 3.63) is 77.9 Å². The second-order valence-corrected chi connectivity index (χ2v) is 4.07. The van der Waals surface area contributed by atoms with Crippen LogP contribution in [-0.2, 0) is 6.42 Å². The van der Waals surface area contributed by atoms with Crippen molar-refractivity contribution in [2.24, 2.45) is 0 Å². The van der Waals surface area contributed by atoms with E-state index >= 15 is 0 Å². The molecule has 0 fully saturated rings. The Balaban J connectivity index is 2.18. The lowest BCUT2D eigenvalue weighted by Crippen LogP contribution is -1.91. The molecule has 0 saturated carbocycles. The van der Waals surface area contributed by atoms with Gasteiger partial charge in [-0.05, 0) is 35.6 Å². The molecule has 0 atom stereocenters. The van der Waals surface area contributed by atoms with Crippen LogP contribution in [0.1, 0.15) is 16.7 Å². The van der Waals surface area contributed by atoms with Crippen LogP contribution < -0.4 is 0 Å². The van der Waals surface area contributed by atoms with Crippen molar-refractivity contribution in [3.63, 3.8) is 0 Å². The lowest BCUT2D eigenvalue weighted by atomic mass is 9.97. The minimum absolute atomic E-state index is 0.927. The van der Waals surface area contributed by atoms with Gasteiger partial charge in [0.1, 0.15) is 0 Å². The molecule has 0 aliphatic carbocycles. The smallest absolute Gasteiger partial charge is 0.00231 e. The van der Waals surface area contributed by atoms with E-state index in [1.807, 2.05) is 6.07 Å². The highest BCUT2D eigenvalue weighted by Gasteiger charge is 2.01. The highest BCUT2D eigenvalue weighted by atomic mass is 14.1. The highest BCUT2D eigenvalue weighted by molar-refractivity contribution is 5.65. The van der Waals surface area contributed by atoms with Crippen LogP contribution in [0.5, 0.6) is 0 Å². The van der Waals surface area contributed by atoms with Crippen molar-refractivity contribution in [2.45, 2.75) is 13.3 Å². The maximum atomic E-state index is 4.16. The molecule has 0 heteroatoms. The van der Waals surface area contributed by atoms with Gasteiger partial charge in [0.25, 0.3) is 0 Å². The predicted octanol–water partition coefficient (Wildman–Crippen LogP) is 4.25. The zero-order valence-corrected chi connectivity index (χ0v) is 9.61. The standard InChI is InChI=1S/C16H16/c1-13-8-6-7-11-16(13)12-14(2)15-9-4-3-5-10-15/h3-11H,2,12H2,1H3. The van der Waals surface area contributed by atoms with Crippen LogP contribution in [0.2, 0.25) is 0 Å². The molecule has 80 valence electrons. The van der Waals surface area contributed by atoms with Crippen LogP contribution in [0.3, 0.4) is 0 Å². The number of hydrogen-bond donors (Lipinski definition) is 0. The Morgan fingerprint density at radius 1 is 0.938 bits per heavy atom. The summed E-state index contributed by atoms with van der Waals surface area (Å²) in [6, 6.07) is 18.8. The average Bonchev–Trinajstić information content (AvgIpc) is 2.33. The maximum absolute atomic E-state index is 4.16. The summed E-state index contributed by atoms with van der Waals surface area (Å²) in [6.45, 7) is 6.31. The zero-order chi connectivity index (χ0) is 11.4. The first kappa shape index (κ1) is 10.7. The molecule has 0 N–H and O–H groups in total. The third-order valence-corrected chi connectivity index (χ3v) is 2.85. The highest BCUT2D eigenvalue weighted by Crippen LogP contribution is 2.19. The minimum Gasteiger partial charge on any atom is -0.0949 e. The molecule has 0 nitrogen and oxygen atoms in total. The Hall–Kier alpha value is -1.82. The summed E-state index contributed by atoms with van der Waals surface area (Å²) < 4.78 is 0. The number of benzene rings is 2. The average molecular weight is 208 g/mol. The van der Waals surface area contributed by atoms with Gasteiger partial charge in [0.2, 0.25) is 0 Å². The molecule has 0 aliphatic rings. The van der Waals surface area contributed by atoms with Crippen LogP contribution in [-0.4, -0.2) is 0 Å². The van der Waals surface area contributed by atoms with Crippen LogP contribution >= 0.6 is 0 Å². The molecule has 0 radical (unpaired) electrons. The number of hydrogen-bond acceptors (Lipinski definition) is 0. The van der Waals surface area contributed by atoms with Gasteiger partial charge in [-0.2, -0.15) is 0 Å². The van der Waals surface area contributed by atoms with E-state index in [2.05, 4.69) is 62.0 Å². The lowest BCUT2D eigenvalue weighted by molar-refractivity contribution is 1.23. The molecule has 0 amide bonds. The predicted molar refractivity (Wildman–Crippen MR) is 70.4 cm³/mol. The lowest BCUT2D eigenvalue weighted by Gasteiger charge is -2.08. The summed E-state index contributed by atoms with van der Waals surface area (Å²) in [5.41, 5.74) is 5.09. The van der Waals surface area contributed by atoms with Crippen molar-refractivity contribution < 1.29 is 0 Å². The molecular weight excluding hydrogens is 192 g/mol. The summed E-state index contributed by atoms with van der Waals surface area (Å²) in [7, 11) is 0. The van der Waals surface area contributed by atoms with Gasteiger partial charge in [0, 0.05) is 0 Å². The van der Waals surface area contributed by atoms with E-state index in [9.17, 15) is 0 Å². The van der Waals surface area contributed by atoms with E-state index in [-0.39, 0.29) is 0 Å². The topological polar surface area (TPSA) is 0 Å². The summed E-state index contributed by atoms with van der Waals surface area (Å²) in [6.07, 6.45) is 0.927. The van der Waals surface area contributed by atoms with Crippen LogP contribution in [0.25, 0.3) is 5.57 Å². The van der Waals surface area contributed by atoms with E-state index < -0.39 is 0 Å². The Morgan fingerprint density at radius 3 is 2.25 bits per heavy atom. The summed E-state index contributed by atoms with van der Waals surface area (Å²) in [5.74, 6) is 0. The Bertz CT molecular complexity index is 480. The van der Waals surface area contributed by atoms with Gasteiger partial charge in [-0.15, -0.1) is 0 Å². The molecule has 0 saturated heterocycles. The Morgan fingerprint density at radius 2 is 1.56 bits per heavy atom. The molecule has 0 heterocycles. The molecule has 0 unspecified atom stereocenters. The van der Waals surface area contributed by atoms with E-state index in [1.54, 1.807) is 0 Å². The maximum Gasteiger partial charge on any atom is -0.00231 e. The van der Waals surface area contributed by atoms with Crippen molar-refractivity contribution in [1.82, 2.24) is 0 Å². The molecule has 16 heavy (non-hydrogen) atoms. The van der Waals surface area contributed by atoms with Crippen LogP contribution in [0.4, 0.5) is 0 Å². The summed E-state index contributed by atoms with van der Waals surface area (Å²) in [4.78, 5) is 0. The summed E-state index contributed by atoms with van der Waals surface area (Å²) >= 11 is 0. The second kappa shape index (κ2) is 4.80. The molecule has 0 aromatic heterocycles. The second-order valence-electron chi connectivity index (χ2n) is 4.07. The molecule has 0 spiro atoms. The molecule has 2 aromatic rings. The van der Waals surface area contributed by atoms with Crippen molar-refractivity contribution in [1.29, 1.82) is 0 Å². The molecular formula is C16H16. The number of rotatable bonds is 3. The third-order valence-electron chi connectivity index (χ3n) is 2.85. The fraction of sp³-hybridized carbons (Fsp3) is 0.125. The van der Waals surface area contributed by atoms with E-state index in [1.165, 1.54) is 22.3 Å². The van der Waals surface area contributed by atoms with Crippen LogP contribution in [0, 0.1) is 6.92 Å². The molecule has 0 aliphatic heterocycles. The van der Waals surface area contributed by atoms with Gasteiger partial charge in [-0.3, -0.25) is 0 Å². The van der Waals surface area contributed by atoms with Crippen molar-refractivity contribution in [3.8, 4) is 0 Å². The van der Waals surface area contributed by atoms with E-state index in [0.29, 0.717) is 0 Å². The van der Waals surface area contributed by atoms with Crippen molar-refractivity contribution >= 4 is 5.57 Å². The first-order valence-corrected chi connectivity index (χ1v) is 5.55. The first-order valence-electron chi connectivity index (χ1n) is 5.55. The molecule has 2 aromatic carbocycles. The normalized spacial score (nSPS) is 10.1. The van der Waals surface area contributed by atoms with Crippen molar-refractivity contribution in [2.75, 3.05) is 0 Å². The zero-order valence-electron chi connectivity index (χ0n) is 9.61. The van der Waals surface area contributed by atoms with E-state index in [4.69, 9.17) is 0 Å². The summed E-state index contributed by atoms with van der Waals surface area (Å²) in [5, 5.41) is 0. The van der Waals surface area contributed by atoms with Gasteiger partial charge >= 0.3 is 0 Å². The quantitative estimate of drug-likeness (QED) is 0.707. The largest absolute Gasteiger partial charge is 0.0949 e. The SMILES string of the molecule is C=C(Cc1ccccc1C)c1ccccc1. The number of allylic oxidation sites excluding steroid dienone is 1. The fourth-order valence-electron chi connectivity index (χ4n) is 1.81. The van der Waals surface area contributed by atoms with Gasteiger partial charge in [-0.25, -0.2) is 0 Å². The Labute approximate surface area is 97.3 Å². The van der Waals surface area contributed by atoms with Crippen LogP contribution in [0.15, 0.2) is 61.2 Å². The van der Waals surface area contributed by atoms with Gasteiger partial charge in [0.05, 0.1) is 0 Å². The van der Waals surface area contributed by atoms with E-state index in [0.717, 1.165) is 6.42 Å².